The van der Waals surface area contributed by atoms with E-state index in [1.54, 1.807) is 17.0 Å². The molecule has 3 aromatic rings. The molecule has 1 aromatic heterocycles. The molecule has 0 radical (unpaired) electrons. The number of halogens is 1. The first-order valence-corrected chi connectivity index (χ1v) is 9.56. The van der Waals surface area contributed by atoms with E-state index in [9.17, 15) is 9.18 Å². The summed E-state index contributed by atoms with van der Waals surface area (Å²) in [6.07, 6.45) is 0. The van der Waals surface area contributed by atoms with Crippen molar-refractivity contribution in [1.29, 1.82) is 0 Å². The number of piperazine rings is 1. The molecule has 0 unspecified atom stereocenters. The Hall–Kier alpha value is -3.48. The number of carbonyl (C=O) groups excluding carboxylic acids is 1. The first-order valence-electron chi connectivity index (χ1n) is 9.56. The minimum absolute atomic E-state index is 0.0898. The van der Waals surface area contributed by atoms with Gasteiger partial charge in [-0.25, -0.2) is 9.18 Å². The lowest BCUT2D eigenvalue weighted by atomic mass is 10.1. The fourth-order valence-corrected chi connectivity index (χ4v) is 3.33. The fourth-order valence-electron chi connectivity index (χ4n) is 3.33. The van der Waals surface area contributed by atoms with Crippen molar-refractivity contribution in [2.45, 2.75) is 6.92 Å². The Kier molecular flexibility index (Phi) is 5.37. The van der Waals surface area contributed by atoms with Crippen LogP contribution < -0.4 is 10.2 Å². The predicted octanol–water partition coefficient (Wildman–Crippen LogP) is 3.95. The zero-order chi connectivity index (χ0) is 20.2. The number of amides is 2. The number of aryl methyl sites for hydroxylation is 1. The van der Waals surface area contributed by atoms with Crippen molar-refractivity contribution in [1.82, 2.24) is 15.1 Å². The summed E-state index contributed by atoms with van der Waals surface area (Å²) in [4.78, 5) is 16.4. The summed E-state index contributed by atoms with van der Waals surface area (Å²) in [5.74, 6) is 0.497. The Morgan fingerprint density at radius 2 is 1.72 bits per heavy atom. The number of carbonyl (C=O) groups is 1. The maximum atomic E-state index is 13.1. The summed E-state index contributed by atoms with van der Waals surface area (Å²) < 4.78 is 13.1. The number of nitrogens with one attached hydrogen (secondary N) is 1. The van der Waals surface area contributed by atoms with Gasteiger partial charge in [-0.3, -0.25) is 0 Å². The first-order chi connectivity index (χ1) is 14.1. The molecule has 0 saturated carbocycles. The Morgan fingerprint density at radius 3 is 2.38 bits per heavy atom. The maximum Gasteiger partial charge on any atom is 0.321 e. The summed E-state index contributed by atoms with van der Waals surface area (Å²) in [6.45, 7) is 4.59. The van der Waals surface area contributed by atoms with E-state index in [0.29, 0.717) is 31.9 Å². The minimum atomic E-state index is -0.275. The van der Waals surface area contributed by atoms with Gasteiger partial charge in [0, 0.05) is 37.4 Å². The van der Waals surface area contributed by atoms with Crippen LogP contribution in [0.3, 0.4) is 0 Å². The zero-order valence-electron chi connectivity index (χ0n) is 16.2. The molecule has 1 N–H and O–H groups in total. The van der Waals surface area contributed by atoms with Crippen molar-refractivity contribution in [2.24, 2.45) is 0 Å². The molecule has 1 fully saturated rings. The number of benzene rings is 2. The zero-order valence-corrected chi connectivity index (χ0v) is 16.2. The number of aromatic nitrogens is 2. The molecule has 2 amide bonds. The average Bonchev–Trinajstić information content (AvgIpc) is 2.75. The van der Waals surface area contributed by atoms with Gasteiger partial charge in [0.2, 0.25) is 0 Å². The van der Waals surface area contributed by atoms with Gasteiger partial charge in [-0.05, 0) is 61.0 Å². The molecule has 0 atom stereocenters. The van der Waals surface area contributed by atoms with E-state index < -0.39 is 0 Å². The van der Waals surface area contributed by atoms with E-state index in [0.717, 1.165) is 22.6 Å². The SMILES string of the molecule is Cc1cccc(NC(=O)N2CCN(c3ccc(-c4ccc(F)cc4)nn3)CC2)c1. The first kappa shape index (κ1) is 18.9. The molecule has 4 rings (SSSR count). The van der Waals surface area contributed by atoms with Crippen molar-refractivity contribution < 1.29 is 9.18 Å². The Labute approximate surface area is 169 Å². The molecule has 2 aromatic carbocycles. The molecule has 7 heteroatoms. The molecule has 0 bridgehead atoms. The number of urea groups is 1. The Balaban J connectivity index is 1.34. The summed E-state index contributed by atoms with van der Waals surface area (Å²) in [7, 11) is 0. The van der Waals surface area contributed by atoms with Crippen LogP contribution in [0.5, 0.6) is 0 Å². The van der Waals surface area contributed by atoms with Crippen LogP contribution in [-0.2, 0) is 0 Å². The normalized spacial score (nSPS) is 14.0. The third-order valence-electron chi connectivity index (χ3n) is 4.95. The molecular formula is C22H22FN5O. The molecule has 0 spiro atoms. The number of rotatable bonds is 3. The topological polar surface area (TPSA) is 61.4 Å². The lowest BCUT2D eigenvalue weighted by Crippen LogP contribution is -2.50. The molecule has 1 aliphatic rings. The van der Waals surface area contributed by atoms with Crippen LogP contribution >= 0.6 is 0 Å². The summed E-state index contributed by atoms with van der Waals surface area (Å²) in [5.41, 5.74) is 3.43. The van der Waals surface area contributed by atoms with Crippen LogP contribution in [0.25, 0.3) is 11.3 Å². The molecule has 0 aliphatic carbocycles. The quantitative estimate of drug-likeness (QED) is 0.735. The van der Waals surface area contributed by atoms with Crippen LogP contribution in [0, 0.1) is 12.7 Å². The van der Waals surface area contributed by atoms with Crippen molar-refractivity contribution >= 4 is 17.5 Å². The van der Waals surface area contributed by atoms with Crippen molar-refractivity contribution in [2.75, 3.05) is 36.4 Å². The number of anilines is 2. The second kappa shape index (κ2) is 8.26. The highest BCUT2D eigenvalue weighted by molar-refractivity contribution is 5.89. The van der Waals surface area contributed by atoms with E-state index in [1.807, 2.05) is 43.3 Å². The van der Waals surface area contributed by atoms with Crippen LogP contribution in [0.4, 0.5) is 20.7 Å². The highest BCUT2D eigenvalue weighted by Gasteiger charge is 2.22. The third-order valence-corrected chi connectivity index (χ3v) is 4.95. The number of hydrogen-bond acceptors (Lipinski definition) is 4. The third kappa shape index (κ3) is 4.51. The van der Waals surface area contributed by atoms with Crippen LogP contribution in [0.1, 0.15) is 5.56 Å². The summed E-state index contributed by atoms with van der Waals surface area (Å²) >= 11 is 0. The van der Waals surface area contributed by atoms with Crippen LogP contribution in [-0.4, -0.2) is 47.3 Å². The van der Waals surface area contributed by atoms with Gasteiger partial charge in [-0.15, -0.1) is 10.2 Å². The van der Waals surface area contributed by atoms with Gasteiger partial charge >= 0.3 is 6.03 Å². The largest absolute Gasteiger partial charge is 0.352 e. The van der Waals surface area contributed by atoms with Crippen LogP contribution in [0.2, 0.25) is 0 Å². The maximum absolute atomic E-state index is 13.1. The molecular weight excluding hydrogens is 369 g/mol. The van der Waals surface area contributed by atoms with Gasteiger partial charge in [-0.2, -0.15) is 0 Å². The smallest absolute Gasteiger partial charge is 0.321 e. The molecule has 148 valence electrons. The number of nitrogens with zero attached hydrogens (tertiary/aromatic N) is 4. The second-order valence-electron chi connectivity index (χ2n) is 7.06. The molecule has 2 heterocycles. The highest BCUT2D eigenvalue weighted by atomic mass is 19.1. The van der Waals surface area contributed by atoms with Gasteiger partial charge in [0.1, 0.15) is 5.82 Å². The Bertz CT molecular complexity index is 983. The monoisotopic (exact) mass is 391 g/mol. The van der Waals surface area contributed by atoms with E-state index in [-0.39, 0.29) is 11.8 Å². The predicted molar refractivity (Wildman–Crippen MR) is 111 cm³/mol. The molecule has 29 heavy (non-hydrogen) atoms. The van der Waals surface area contributed by atoms with E-state index >= 15 is 0 Å². The van der Waals surface area contributed by atoms with Gasteiger partial charge in [0.25, 0.3) is 0 Å². The standard InChI is InChI=1S/C22H22FN5O/c1-16-3-2-4-19(15-16)24-22(29)28-13-11-27(12-14-28)21-10-9-20(25-26-21)17-5-7-18(23)8-6-17/h2-10,15H,11-14H2,1H3,(H,24,29). The van der Waals surface area contributed by atoms with Gasteiger partial charge in [0.05, 0.1) is 5.69 Å². The summed E-state index contributed by atoms with van der Waals surface area (Å²) in [6, 6.07) is 17.7. The van der Waals surface area contributed by atoms with Crippen molar-refractivity contribution in [3.05, 3.63) is 72.0 Å². The second-order valence-corrected chi connectivity index (χ2v) is 7.06. The lowest BCUT2D eigenvalue weighted by Gasteiger charge is -2.35. The van der Waals surface area contributed by atoms with E-state index in [4.69, 9.17) is 0 Å². The van der Waals surface area contributed by atoms with Crippen molar-refractivity contribution in [3.63, 3.8) is 0 Å². The van der Waals surface area contributed by atoms with Crippen LogP contribution in [0.15, 0.2) is 60.7 Å². The highest BCUT2D eigenvalue weighted by Crippen LogP contribution is 2.20. The molecule has 6 nitrogen and oxygen atoms in total. The fraction of sp³-hybridized carbons (Fsp3) is 0.227. The van der Waals surface area contributed by atoms with Gasteiger partial charge in [0.15, 0.2) is 5.82 Å². The summed E-state index contributed by atoms with van der Waals surface area (Å²) in [5, 5.41) is 11.5. The minimum Gasteiger partial charge on any atom is -0.352 e. The molecule has 1 aliphatic heterocycles. The van der Waals surface area contributed by atoms with E-state index in [2.05, 4.69) is 20.4 Å². The number of hydrogen-bond donors (Lipinski definition) is 1. The lowest BCUT2D eigenvalue weighted by molar-refractivity contribution is 0.208. The Morgan fingerprint density at radius 1 is 0.966 bits per heavy atom. The van der Waals surface area contributed by atoms with E-state index in [1.165, 1.54) is 12.1 Å². The van der Waals surface area contributed by atoms with Gasteiger partial charge < -0.3 is 15.1 Å². The van der Waals surface area contributed by atoms with Crippen molar-refractivity contribution in [3.8, 4) is 11.3 Å². The van der Waals surface area contributed by atoms with Gasteiger partial charge in [-0.1, -0.05) is 12.1 Å². The molecule has 1 saturated heterocycles. The average molecular weight is 391 g/mol.